The number of nitrogens with zero attached hydrogens (tertiary/aromatic N) is 5. The van der Waals surface area contributed by atoms with Gasteiger partial charge >= 0.3 is 0 Å². The molecule has 0 aromatic carbocycles. The number of hydrogen-bond donors (Lipinski definition) is 1. The molecule has 3 atom stereocenters. The van der Waals surface area contributed by atoms with E-state index in [9.17, 15) is 4.79 Å². The molecule has 4 rings (SSSR count). The molecule has 1 aromatic rings. The summed E-state index contributed by atoms with van der Waals surface area (Å²) in [7, 11) is 0. The van der Waals surface area contributed by atoms with Crippen LogP contribution in [0.15, 0.2) is 18.6 Å². The van der Waals surface area contributed by atoms with Gasteiger partial charge in [-0.15, -0.1) is 36.6 Å². The molecule has 3 aliphatic heterocycles. The molecule has 0 aliphatic carbocycles. The van der Waals surface area contributed by atoms with E-state index in [1.54, 1.807) is 29.1 Å². The summed E-state index contributed by atoms with van der Waals surface area (Å²) in [6.45, 7) is 0.327. The zero-order valence-electron chi connectivity index (χ0n) is 14.9. The Labute approximate surface area is 176 Å². The highest BCUT2D eigenvalue weighted by Gasteiger charge is 2.41. The highest BCUT2D eigenvalue weighted by atomic mass is 35.5. The number of thioether (sulfide) groups is 1. The SMILES string of the molecule is Cl.Cl.N#C[C@@H]1CSCN1C(=O)CNC1CC2CCC(C1)N2c1cnccn1. The fraction of sp³-hybridized carbons (Fsp3) is 0.647. The van der Waals surface area contributed by atoms with Crippen molar-refractivity contribution in [1.82, 2.24) is 20.2 Å². The van der Waals surface area contributed by atoms with Crippen molar-refractivity contribution in [3.05, 3.63) is 18.6 Å². The Hall–Kier alpha value is -1.27. The number of rotatable bonds is 4. The van der Waals surface area contributed by atoms with Gasteiger partial charge in [-0.25, -0.2) is 4.98 Å². The lowest BCUT2D eigenvalue weighted by molar-refractivity contribution is -0.129. The highest BCUT2D eigenvalue weighted by Crippen LogP contribution is 2.38. The smallest absolute Gasteiger partial charge is 0.238 e. The minimum absolute atomic E-state index is 0. The normalized spacial score (nSPS) is 28.9. The van der Waals surface area contributed by atoms with E-state index in [0.717, 1.165) is 24.4 Å². The third kappa shape index (κ3) is 4.60. The van der Waals surface area contributed by atoms with Gasteiger partial charge in [0.25, 0.3) is 0 Å². The van der Waals surface area contributed by atoms with E-state index >= 15 is 0 Å². The van der Waals surface area contributed by atoms with Gasteiger partial charge in [0.15, 0.2) is 0 Å². The summed E-state index contributed by atoms with van der Waals surface area (Å²) in [5, 5.41) is 12.6. The Bertz CT molecular complexity index is 661. The average Bonchev–Trinajstić information content (AvgIpc) is 3.23. The highest BCUT2D eigenvalue weighted by molar-refractivity contribution is 7.99. The summed E-state index contributed by atoms with van der Waals surface area (Å²) in [5.74, 6) is 2.37. The molecule has 148 valence electrons. The number of anilines is 1. The number of carbonyl (C=O) groups is 1. The van der Waals surface area contributed by atoms with Crippen LogP contribution in [0.4, 0.5) is 5.82 Å². The fourth-order valence-electron chi connectivity index (χ4n) is 4.27. The van der Waals surface area contributed by atoms with Crippen LogP contribution in [0.2, 0.25) is 0 Å². The van der Waals surface area contributed by atoms with Crippen LogP contribution in [0.25, 0.3) is 0 Å². The van der Waals surface area contributed by atoms with Crippen LogP contribution in [0.1, 0.15) is 25.7 Å². The van der Waals surface area contributed by atoms with E-state index in [0.29, 0.717) is 30.5 Å². The van der Waals surface area contributed by atoms with Crippen LogP contribution in [0.5, 0.6) is 0 Å². The first kappa shape index (κ1) is 22.0. The molecule has 3 aliphatic rings. The number of nitriles is 1. The molecule has 10 heteroatoms. The number of piperidine rings is 1. The van der Waals surface area contributed by atoms with Crippen LogP contribution in [-0.2, 0) is 4.79 Å². The van der Waals surface area contributed by atoms with Crippen LogP contribution in [0, 0.1) is 11.3 Å². The summed E-state index contributed by atoms with van der Waals surface area (Å²) in [4.78, 5) is 25.2. The van der Waals surface area contributed by atoms with Gasteiger partial charge in [0.05, 0.1) is 24.7 Å². The average molecular weight is 431 g/mol. The molecule has 4 heterocycles. The minimum Gasteiger partial charge on any atom is -0.349 e. The van der Waals surface area contributed by atoms with Crippen molar-refractivity contribution in [3.63, 3.8) is 0 Å². The molecule has 2 unspecified atom stereocenters. The van der Waals surface area contributed by atoms with E-state index < -0.39 is 0 Å². The maximum absolute atomic E-state index is 12.4. The summed E-state index contributed by atoms with van der Waals surface area (Å²) < 4.78 is 0. The van der Waals surface area contributed by atoms with Gasteiger partial charge in [-0.1, -0.05) is 0 Å². The molecular formula is C17H24Cl2N6OS. The largest absolute Gasteiger partial charge is 0.349 e. The number of fused-ring (bicyclic) bond motifs is 2. The molecule has 1 amide bonds. The molecule has 2 bridgehead atoms. The van der Waals surface area contributed by atoms with E-state index in [2.05, 4.69) is 26.3 Å². The predicted octanol–water partition coefficient (Wildman–Crippen LogP) is 1.83. The third-order valence-electron chi connectivity index (χ3n) is 5.44. The summed E-state index contributed by atoms with van der Waals surface area (Å²) in [6, 6.07) is 3.24. The lowest BCUT2D eigenvalue weighted by Crippen LogP contribution is -2.51. The molecule has 27 heavy (non-hydrogen) atoms. The van der Waals surface area contributed by atoms with E-state index in [-0.39, 0.29) is 36.8 Å². The zero-order chi connectivity index (χ0) is 17.2. The molecule has 1 N–H and O–H groups in total. The number of carbonyl (C=O) groups excluding carboxylic acids is 1. The van der Waals surface area contributed by atoms with Crippen LogP contribution in [0.3, 0.4) is 0 Å². The van der Waals surface area contributed by atoms with Crippen molar-refractivity contribution < 1.29 is 4.79 Å². The van der Waals surface area contributed by atoms with Crippen molar-refractivity contribution in [2.45, 2.75) is 49.9 Å². The number of nitrogens with one attached hydrogen (secondary N) is 1. The first-order valence-corrected chi connectivity index (χ1v) is 9.96. The first-order valence-electron chi connectivity index (χ1n) is 8.81. The van der Waals surface area contributed by atoms with E-state index in [1.165, 1.54) is 12.8 Å². The molecule has 3 fully saturated rings. The Morgan fingerprint density at radius 1 is 1.30 bits per heavy atom. The molecule has 3 saturated heterocycles. The monoisotopic (exact) mass is 430 g/mol. The third-order valence-corrected chi connectivity index (χ3v) is 6.45. The van der Waals surface area contributed by atoms with Crippen LogP contribution >= 0.6 is 36.6 Å². The lowest BCUT2D eigenvalue weighted by atomic mass is 9.97. The van der Waals surface area contributed by atoms with Crippen molar-refractivity contribution in [2.24, 2.45) is 0 Å². The van der Waals surface area contributed by atoms with E-state index in [1.807, 2.05) is 6.20 Å². The molecule has 1 aromatic heterocycles. The second-order valence-corrected chi connectivity index (χ2v) is 7.91. The van der Waals surface area contributed by atoms with E-state index in [4.69, 9.17) is 5.26 Å². The van der Waals surface area contributed by atoms with Gasteiger partial charge in [-0.3, -0.25) is 9.78 Å². The van der Waals surface area contributed by atoms with Gasteiger partial charge in [0, 0.05) is 36.3 Å². The topological polar surface area (TPSA) is 85.2 Å². The number of amides is 1. The molecule has 0 radical (unpaired) electrons. The summed E-state index contributed by atoms with van der Waals surface area (Å²) in [6.07, 6.45) is 9.69. The molecule has 7 nitrogen and oxygen atoms in total. The first-order chi connectivity index (χ1) is 12.3. The van der Waals surface area contributed by atoms with Gasteiger partial charge in [0.1, 0.15) is 11.9 Å². The van der Waals surface area contributed by atoms with Crippen molar-refractivity contribution in [1.29, 1.82) is 5.26 Å². The van der Waals surface area contributed by atoms with Crippen LogP contribution < -0.4 is 10.2 Å². The fourth-order valence-corrected chi connectivity index (χ4v) is 5.37. The summed E-state index contributed by atoms with van der Waals surface area (Å²) >= 11 is 1.65. The maximum atomic E-state index is 12.4. The number of halogens is 2. The minimum atomic E-state index is -0.269. The van der Waals surface area contributed by atoms with Gasteiger partial charge in [-0.2, -0.15) is 5.26 Å². The molecule has 0 saturated carbocycles. The number of hydrogen-bond acceptors (Lipinski definition) is 7. The molecular weight excluding hydrogens is 407 g/mol. The second kappa shape index (κ2) is 9.78. The number of aromatic nitrogens is 2. The van der Waals surface area contributed by atoms with Gasteiger partial charge in [0.2, 0.25) is 5.91 Å². The predicted molar refractivity (Wildman–Crippen MR) is 110 cm³/mol. The van der Waals surface area contributed by atoms with Crippen molar-refractivity contribution in [3.8, 4) is 6.07 Å². The van der Waals surface area contributed by atoms with Gasteiger partial charge < -0.3 is 15.1 Å². The standard InChI is InChI=1S/C17H22N6OS.2ClH/c18-7-15-10-25-11-22(15)17(24)9-21-12-5-13-1-2-14(6-12)23(13)16-8-19-3-4-20-16;;/h3-4,8,12-15,21H,1-2,5-6,9-11H2;2*1H/t12?,13?,14?,15-;;/m1../s1. The molecule has 0 spiro atoms. The Balaban J connectivity index is 0.00000131. The van der Waals surface area contributed by atoms with Crippen LogP contribution in [-0.4, -0.2) is 63.1 Å². The van der Waals surface area contributed by atoms with Crippen molar-refractivity contribution in [2.75, 3.05) is 23.1 Å². The second-order valence-electron chi connectivity index (χ2n) is 6.91. The Morgan fingerprint density at radius 2 is 2.04 bits per heavy atom. The maximum Gasteiger partial charge on any atom is 0.238 e. The lowest BCUT2D eigenvalue weighted by Gasteiger charge is -2.40. The van der Waals surface area contributed by atoms with Crippen molar-refractivity contribution >= 4 is 48.3 Å². The summed E-state index contributed by atoms with van der Waals surface area (Å²) in [5.41, 5.74) is 0. The zero-order valence-corrected chi connectivity index (χ0v) is 17.3. The Kier molecular flexibility index (Phi) is 7.98. The Morgan fingerprint density at radius 3 is 2.67 bits per heavy atom. The van der Waals surface area contributed by atoms with Gasteiger partial charge in [-0.05, 0) is 25.7 Å². The quantitative estimate of drug-likeness (QED) is 0.779.